The second kappa shape index (κ2) is 8.96. The molecule has 2 fully saturated rings. The Hall–Kier alpha value is -2.08. The molecule has 0 radical (unpaired) electrons. The van der Waals surface area contributed by atoms with E-state index in [9.17, 15) is 5.11 Å². The molecule has 2 atom stereocenters. The van der Waals surface area contributed by atoms with Crippen LogP contribution in [0.25, 0.3) is 0 Å². The lowest BCUT2D eigenvalue weighted by atomic mass is 9.80. The summed E-state index contributed by atoms with van der Waals surface area (Å²) in [5.74, 6) is 1.70. The average molecular weight is 412 g/mol. The molecule has 0 saturated carbocycles. The minimum Gasteiger partial charge on any atom is -0.497 e. The van der Waals surface area contributed by atoms with Gasteiger partial charge >= 0.3 is 0 Å². The third-order valence-corrected chi connectivity index (χ3v) is 6.72. The Morgan fingerprint density at radius 3 is 2.30 bits per heavy atom. The number of benzene rings is 2. The van der Waals surface area contributed by atoms with Gasteiger partial charge in [0.15, 0.2) is 0 Å². The molecular formula is C25H33NO4. The molecule has 30 heavy (non-hydrogen) atoms. The number of aliphatic hydroxyl groups is 1. The van der Waals surface area contributed by atoms with Crippen LogP contribution in [-0.4, -0.2) is 42.9 Å². The summed E-state index contributed by atoms with van der Waals surface area (Å²) in [4.78, 5) is 2.59. The van der Waals surface area contributed by atoms with E-state index in [1.165, 1.54) is 5.56 Å². The molecule has 2 aromatic carbocycles. The number of rotatable bonds is 8. The van der Waals surface area contributed by atoms with E-state index in [2.05, 4.69) is 17.0 Å². The van der Waals surface area contributed by atoms with Gasteiger partial charge in [-0.15, -0.1) is 0 Å². The SMILES string of the molecule is CCOCc1cc(CN2C3CCC2CC(O)(c2ccc(OC)cc2)C3)ccc1OC. The summed E-state index contributed by atoms with van der Waals surface area (Å²) in [5, 5.41) is 11.5. The van der Waals surface area contributed by atoms with Crippen LogP contribution in [0, 0.1) is 0 Å². The number of hydrogen-bond donors (Lipinski definition) is 1. The second-order valence-corrected chi connectivity index (χ2v) is 8.51. The lowest BCUT2D eigenvalue weighted by Crippen LogP contribution is -2.49. The highest BCUT2D eigenvalue weighted by atomic mass is 16.5. The van der Waals surface area contributed by atoms with Gasteiger partial charge in [0.2, 0.25) is 0 Å². The first kappa shape index (κ1) is 21.2. The van der Waals surface area contributed by atoms with Crippen LogP contribution in [0.2, 0.25) is 0 Å². The maximum atomic E-state index is 11.5. The Kier molecular flexibility index (Phi) is 6.32. The molecule has 2 aliphatic heterocycles. The lowest BCUT2D eigenvalue weighted by molar-refractivity contribution is -0.0595. The molecule has 2 bridgehead atoms. The van der Waals surface area contributed by atoms with Crippen LogP contribution >= 0.6 is 0 Å². The van der Waals surface area contributed by atoms with Gasteiger partial charge in [-0.2, -0.15) is 0 Å². The van der Waals surface area contributed by atoms with Crippen LogP contribution in [0.5, 0.6) is 11.5 Å². The predicted octanol–water partition coefficient (Wildman–Crippen LogP) is 4.25. The van der Waals surface area contributed by atoms with Gasteiger partial charge in [-0.05, 0) is 68.0 Å². The van der Waals surface area contributed by atoms with Crippen molar-refractivity contribution in [3.05, 3.63) is 59.2 Å². The van der Waals surface area contributed by atoms with Gasteiger partial charge in [-0.25, -0.2) is 0 Å². The molecule has 2 saturated heterocycles. The van der Waals surface area contributed by atoms with E-state index in [4.69, 9.17) is 14.2 Å². The Bertz CT molecular complexity index is 837. The summed E-state index contributed by atoms with van der Waals surface area (Å²) in [6, 6.07) is 15.1. The van der Waals surface area contributed by atoms with Crippen molar-refractivity contribution in [1.29, 1.82) is 0 Å². The van der Waals surface area contributed by atoms with E-state index in [1.54, 1.807) is 14.2 Å². The molecule has 2 aromatic rings. The quantitative estimate of drug-likeness (QED) is 0.704. The molecule has 5 nitrogen and oxygen atoms in total. The van der Waals surface area contributed by atoms with Crippen LogP contribution in [0.15, 0.2) is 42.5 Å². The Labute approximate surface area is 179 Å². The first-order valence-corrected chi connectivity index (χ1v) is 10.9. The van der Waals surface area contributed by atoms with Gasteiger partial charge in [0.05, 0.1) is 26.4 Å². The van der Waals surface area contributed by atoms with Gasteiger partial charge < -0.3 is 19.3 Å². The number of hydrogen-bond acceptors (Lipinski definition) is 5. The normalized spacial score (nSPS) is 26.0. The number of nitrogens with zero attached hydrogens (tertiary/aromatic N) is 1. The first-order chi connectivity index (χ1) is 14.6. The van der Waals surface area contributed by atoms with Crippen molar-refractivity contribution in [1.82, 2.24) is 4.90 Å². The van der Waals surface area contributed by atoms with Crippen molar-refractivity contribution >= 4 is 0 Å². The number of piperidine rings is 1. The van der Waals surface area contributed by atoms with E-state index in [0.717, 1.165) is 54.9 Å². The minimum absolute atomic E-state index is 0.397. The summed E-state index contributed by atoms with van der Waals surface area (Å²) in [7, 11) is 3.37. The molecule has 1 N–H and O–H groups in total. The number of fused-ring (bicyclic) bond motifs is 2. The number of ether oxygens (including phenoxy) is 3. The zero-order chi connectivity index (χ0) is 21.1. The Morgan fingerprint density at radius 2 is 1.70 bits per heavy atom. The molecule has 2 aliphatic rings. The lowest BCUT2D eigenvalue weighted by Gasteiger charge is -2.44. The molecule has 2 heterocycles. The van der Waals surface area contributed by atoms with Crippen LogP contribution in [0.3, 0.4) is 0 Å². The van der Waals surface area contributed by atoms with Crippen LogP contribution in [0.4, 0.5) is 0 Å². The smallest absolute Gasteiger partial charge is 0.124 e. The number of methoxy groups -OCH3 is 2. The van der Waals surface area contributed by atoms with Crippen LogP contribution < -0.4 is 9.47 Å². The average Bonchev–Trinajstić information content (AvgIpc) is 3.01. The Balaban J connectivity index is 1.49. The molecule has 5 heteroatoms. The van der Waals surface area contributed by atoms with E-state index < -0.39 is 5.60 Å². The maximum Gasteiger partial charge on any atom is 0.124 e. The van der Waals surface area contributed by atoms with Crippen molar-refractivity contribution < 1.29 is 19.3 Å². The fourth-order valence-corrected chi connectivity index (χ4v) is 5.18. The predicted molar refractivity (Wildman–Crippen MR) is 117 cm³/mol. The summed E-state index contributed by atoms with van der Waals surface area (Å²) >= 11 is 0. The van der Waals surface area contributed by atoms with Gasteiger partial charge in [-0.3, -0.25) is 4.90 Å². The maximum absolute atomic E-state index is 11.5. The monoisotopic (exact) mass is 411 g/mol. The minimum atomic E-state index is -0.755. The molecule has 0 aromatic heterocycles. The molecule has 4 rings (SSSR count). The molecule has 0 aliphatic carbocycles. The van der Waals surface area contributed by atoms with Crippen molar-refractivity contribution in [2.75, 3.05) is 20.8 Å². The van der Waals surface area contributed by atoms with Crippen molar-refractivity contribution in [2.24, 2.45) is 0 Å². The molecular weight excluding hydrogens is 378 g/mol. The van der Waals surface area contributed by atoms with Crippen LogP contribution in [0.1, 0.15) is 49.3 Å². The zero-order valence-electron chi connectivity index (χ0n) is 18.3. The molecule has 0 amide bonds. The third-order valence-electron chi connectivity index (χ3n) is 6.72. The van der Waals surface area contributed by atoms with E-state index >= 15 is 0 Å². The van der Waals surface area contributed by atoms with Gasteiger partial charge in [0.1, 0.15) is 11.5 Å². The molecule has 0 spiro atoms. The van der Waals surface area contributed by atoms with E-state index in [0.29, 0.717) is 25.3 Å². The fourth-order valence-electron chi connectivity index (χ4n) is 5.18. The van der Waals surface area contributed by atoms with Crippen molar-refractivity contribution in [3.8, 4) is 11.5 Å². The van der Waals surface area contributed by atoms with Gasteiger partial charge in [0.25, 0.3) is 0 Å². The highest BCUT2D eigenvalue weighted by molar-refractivity contribution is 5.37. The van der Waals surface area contributed by atoms with E-state index in [-0.39, 0.29) is 0 Å². The molecule has 2 unspecified atom stereocenters. The topological polar surface area (TPSA) is 51.2 Å². The van der Waals surface area contributed by atoms with Gasteiger partial charge in [0, 0.05) is 30.8 Å². The highest BCUT2D eigenvalue weighted by Crippen LogP contribution is 2.46. The summed E-state index contributed by atoms with van der Waals surface area (Å²) in [6.07, 6.45) is 3.84. The van der Waals surface area contributed by atoms with Crippen molar-refractivity contribution in [3.63, 3.8) is 0 Å². The van der Waals surface area contributed by atoms with Crippen LogP contribution in [-0.2, 0) is 23.5 Å². The fraction of sp³-hybridized carbons (Fsp3) is 0.520. The Morgan fingerprint density at radius 1 is 1.00 bits per heavy atom. The largest absolute Gasteiger partial charge is 0.497 e. The van der Waals surface area contributed by atoms with Crippen molar-refractivity contribution in [2.45, 2.75) is 63.4 Å². The second-order valence-electron chi connectivity index (χ2n) is 8.51. The molecule has 162 valence electrons. The summed E-state index contributed by atoms with van der Waals surface area (Å²) < 4.78 is 16.4. The highest BCUT2D eigenvalue weighted by Gasteiger charge is 2.48. The van der Waals surface area contributed by atoms with Gasteiger partial charge in [-0.1, -0.05) is 18.2 Å². The third kappa shape index (κ3) is 4.20. The summed E-state index contributed by atoms with van der Waals surface area (Å²) in [6.45, 7) is 4.16. The first-order valence-electron chi connectivity index (χ1n) is 10.9. The standard InChI is InChI=1S/C25H33NO4/c1-4-30-17-19-13-18(5-12-24(19)29-3)16-26-21-8-9-22(26)15-25(27,14-21)20-6-10-23(28-2)11-7-20/h5-7,10-13,21-22,27H,4,8-9,14-17H2,1-3H3. The summed E-state index contributed by atoms with van der Waals surface area (Å²) in [5.41, 5.74) is 2.62. The van der Waals surface area contributed by atoms with E-state index in [1.807, 2.05) is 37.3 Å². The zero-order valence-corrected chi connectivity index (χ0v) is 18.3.